The second-order valence-corrected chi connectivity index (χ2v) is 7.12. The lowest BCUT2D eigenvalue weighted by Crippen LogP contribution is -2.24. The molecule has 152 valence electrons. The topological polar surface area (TPSA) is 60.9 Å². The third kappa shape index (κ3) is 4.22. The second-order valence-electron chi connectivity index (χ2n) is 7.12. The van der Waals surface area contributed by atoms with Crippen LogP contribution in [0.3, 0.4) is 0 Å². The van der Waals surface area contributed by atoms with Gasteiger partial charge in [-0.3, -0.25) is 4.90 Å². The van der Waals surface area contributed by atoms with Gasteiger partial charge in [0.25, 0.3) is 5.88 Å². The van der Waals surface area contributed by atoms with E-state index < -0.39 is 0 Å². The molecule has 6 nitrogen and oxygen atoms in total. The number of hydrogen-bond acceptors (Lipinski definition) is 6. The van der Waals surface area contributed by atoms with E-state index in [1.165, 1.54) is 12.8 Å². The molecule has 0 unspecified atom stereocenters. The van der Waals surface area contributed by atoms with Crippen molar-refractivity contribution in [2.75, 3.05) is 20.2 Å². The lowest BCUT2D eigenvalue weighted by molar-refractivity contribution is 0.227. The third-order valence-corrected chi connectivity index (χ3v) is 5.29. The van der Waals surface area contributed by atoms with Gasteiger partial charge in [0.2, 0.25) is 0 Å². The van der Waals surface area contributed by atoms with Crippen LogP contribution in [0.25, 0.3) is 0 Å². The molecule has 1 atom stereocenters. The number of likely N-dealkylation sites (tertiary alicyclic amines) is 1. The van der Waals surface area contributed by atoms with Crippen molar-refractivity contribution in [2.45, 2.75) is 31.9 Å². The third-order valence-electron chi connectivity index (χ3n) is 5.29. The zero-order valence-electron chi connectivity index (χ0n) is 16.7. The first-order valence-corrected chi connectivity index (χ1v) is 9.92. The zero-order valence-corrected chi connectivity index (χ0v) is 16.7. The first-order chi connectivity index (χ1) is 14.3. The summed E-state index contributed by atoms with van der Waals surface area (Å²) < 4.78 is 22.9. The van der Waals surface area contributed by atoms with Crippen LogP contribution >= 0.6 is 0 Å². The van der Waals surface area contributed by atoms with Crippen LogP contribution in [0.2, 0.25) is 0 Å². The summed E-state index contributed by atoms with van der Waals surface area (Å²) >= 11 is 0. The number of rotatable bonds is 9. The van der Waals surface area contributed by atoms with E-state index in [4.69, 9.17) is 18.4 Å². The summed E-state index contributed by atoms with van der Waals surface area (Å²) in [6.45, 7) is 6.48. The number of methoxy groups -OCH3 is 1. The Labute approximate surface area is 170 Å². The average Bonchev–Trinajstić information content (AvgIpc) is 3.51. The van der Waals surface area contributed by atoms with Gasteiger partial charge in [-0.05, 0) is 36.7 Å². The minimum atomic E-state index is -0.0463. The molecule has 1 saturated heterocycles. The lowest BCUT2D eigenvalue weighted by atomic mass is 10.0. The Morgan fingerprint density at radius 1 is 1.21 bits per heavy atom. The van der Waals surface area contributed by atoms with Gasteiger partial charge in [-0.2, -0.15) is 0 Å². The molecule has 0 aliphatic carbocycles. The van der Waals surface area contributed by atoms with E-state index in [0.29, 0.717) is 30.4 Å². The summed E-state index contributed by atoms with van der Waals surface area (Å²) in [5.41, 5.74) is 1.93. The van der Waals surface area contributed by atoms with E-state index in [9.17, 15) is 0 Å². The van der Waals surface area contributed by atoms with Gasteiger partial charge in [0.15, 0.2) is 11.5 Å². The highest BCUT2D eigenvalue weighted by Crippen LogP contribution is 2.36. The highest BCUT2D eigenvalue weighted by atomic mass is 16.5. The normalized spacial score (nSPS) is 15.3. The van der Waals surface area contributed by atoms with Gasteiger partial charge < -0.3 is 18.4 Å². The number of aromatic nitrogens is 1. The molecule has 1 aromatic carbocycles. The van der Waals surface area contributed by atoms with Crippen LogP contribution in [0, 0.1) is 0 Å². The van der Waals surface area contributed by atoms with Crippen molar-refractivity contribution in [1.29, 1.82) is 0 Å². The van der Waals surface area contributed by atoms with Crippen molar-refractivity contribution in [3.63, 3.8) is 0 Å². The van der Waals surface area contributed by atoms with Gasteiger partial charge in [-0.15, -0.1) is 6.58 Å². The maximum Gasteiger partial charge on any atom is 0.258 e. The van der Waals surface area contributed by atoms with Crippen LogP contribution in [0.4, 0.5) is 0 Å². The molecule has 1 aliphatic heterocycles. The predicted molar refractivity (Wildman–Crippen MR) is 109 cm³/mol. The summed E-state index contributed by atoms with van der Waals surface area (Å²) in [5.74, 6) is 2.64. The fraction of sp³-hybridized carbons (Fsp3) is 0.348. The van der Waals surface area contributed by atoms with Crippen LogP contribution < -0.4 is 9.47 Å². The lowest BCUT2D eigenvalue weighted by Gasteiger charge is -2.22. The van der Waals surface area contributed by atoms with Gasteiger partial charge in [-0.25, -0.2) is 0 Å². The highest BCUT2D eigenvalue weighted by Gasteiger charge is 2.30. The van der Waals surface area contributed by atoms with E-state index in [2.05, 4.69) is 16.6 Å². The molecule has 3 aromatic rings. The van der Waals surface area contributed by atoms with Crippen molar-refractivity contribution in [3.8, 4) is 11.6 Å². The van der Waals surface area contributed by atoms with E-state index in [0.717, 1.165) is 30.0 Å². The molecule has 6 heteroatoms. The van der Waals surface area contributed by atoms with Crippen molar-refractivity contribution >= 4 is 0 Å². The second kappa shape index (κ2) is 9.01. The molecule has 0 saturated carbocycles. The molecule has 2 aromatic heterocycles. The molecule has 3 heterocycles. The summed E-state index contributed by atoms with van der Waals surface area (Å²) in [5, 5.41) is 4.25. The first kappa shape index (κ1) is 19.3. The fourth-order valence-electron chi connectivity index (χ4n) is 3.78. The van der Waals surface area contributed by atoms with Gasteiger partial charge in [0.1, 0.15) is 12.4 Å². The zero-order chi connectivity index (χ0) is 20.1. The number of furan rings is 1. The van der Waals surface area contributed by atoms with Crippen molar-refractivity contribution in [2.24, 2.45) is 0 Å². The van der Waals surface area contributed by atoms with Crippen LogP contribution in [0.5, 0.6) is 11.6 Å². The molecule has 0 radical (unpaired) electrons. The molecule has 0 spiro atoms. The Balaban J connectivity index is 1.64. The summed E-state index contributed by atoms with van der Waals surface area (Å²) in [4.78, 5) is 2.36. The summed E-state index contributed by atoms with van der Waals surface area (Å²) in [6.07, 6.45) is 6.36. The minimum Gasteiger partial charge on any atom is -0.493 e. The van der Waals surface area contributed by atoms with Gasteiger partial charge in [0, 0.05) is 12.5 Å². The van der Waals surface area contributed by atoms with Gasteiger partial charge in [0.05, 0.1) is 25.0 Å². The number of hydrogen-bond donors (Lipinski definition) is 0. The average molecular weight is 394 g/mol. The van der Waals surface area contributed by atoms with E-state index in [1.807, 2.05) is 36.4 Å². The Bertz CT molecular complexity index is 926. The summed E-state index contributed by atoms with van der Waals surface area (Å²) in [6, 6.07) is 11.8. The summed E-state index contributed by atoms with van der Waals surface area (Å²) in [7, 11) is 1.63. The highest BCUT2D eigenvalue weighted by molar-refractivity contribution is 5.39. The predicted octanol–water partition coefficient (Wildman–Crippen LogP) is 4.77. The number of benzene rings is 1. The smallest absolute Gasteiger partial charge is 0.258 e. The largest absolute Gasteiger partial charge is 0.493 e. The molecule has 1 aliphatic rings. The molecular formula is C23H26N2O4. The van der Waals surface area contributed by atoms with Gasteiger partial charge in [-0.1, -0.05) is 36.4 Å². The minimum absolute atomic E-state index is 0.0463. The first-order valence-electron chi connectivity index (χ1n) is 9.92. The molecule has 0 bridgehead atoms. The Morgan fingerprint density at radius 3 is 2.72 bits per heavy atom. The van der Waals surface area contributed by atoms with Crippen molar-refractivity contribution < 1.29 is 18.4 Å². The van der Waals surface area contributed by atoms with E-state index in [1.54, 1.807) is 19.4 Å². The maximum absolute atomic E-state index is 6.04. The maximum atomic E-state index is 6.04. The monoisotopic (exact) mass is 394 g/mol. The van der Waals surface area contributed by atoms with Crippen molar-refractivity contribution in [1.82, 2.24) is 10.1 Å². The van der Waals surface area contributed by atoms with Crippen LogP contribution in [-0.4, -0.2) is 30.3 Å². The van der Waals surface area contributed by atoms with Crippen LogP contribution in [-0.2, 0) is 13.0 Å². The van der Waals surface area contributed by atoms with E-state index in [-0.39, 0.29) is 6.04 Å². The van der Waals surface area contributed by atoms with Crippen LogP contribution in [0.15, 0.2) is 64.3 Å². The molecule has 29 heavy (non-hydrogen) atoms. The molecular weight excluding hydrogens is 368 g/mol. The number of ether oxygens (including phenoxy) is 2. The quantitative estimate of drug-likeness (QED) is 0.487. The Hall–Kier alpha value is -2.99. The fourth-order valence-corrected chi connectivity index (χ4v) is 3.78. The van der Waals surface area contributed by atoms with Crippen molar-refractivity contribution in [3.05, 3.63) is 78.0 Å². The van der Waals surface area contributed by atoms with Crippen LogP contribution in [0.1, 0.15) is 41.5 Å². The molecule has 1 fully saturated rings. The Kier molecular flexibility index (Phi) is 6.00. The molecule has 0 amide bonds. The molecule has 0 N–H and O–H groups in total. The Morgan fingerprint density at radius 2 is 2.00 bits per heavy atom. The number of nitrogens with zero attached hydrogens (tertiary/aromatic N) is 2. The molecule has 4 rings (SSSR count). The standard InChI is InChI=1S/C23H26N2O4/c1-3-19(25-12-7-8-13-25)22-18(15-21-20(26-2)11-14-27-21)23(24-29-22)28-16-17-9-5-4-6-10-17/h3-6,9-11,14,19H,1,7-8,12-13,15-16H2,2H3/t19-/m0/s1. The van der Waals surface area contributed by atoms with Gasteiger partial charge >= 0.3 is 0 Å². The van der Waals surface area contributed by atoms with E-state index >= 15 is 0 Å². The SMILES string of the molecule is C=C[C@@H](c1onc(OCc2ccccc2)c1Cc1occc1OC)N1CCCC1.